The maximum absolute atomic E-state index is 12.9. The van der Waals surface area contributed by atoms with Crippen LogP contribution in [0, 0.1) is 0 Å². The van der Waals surface area contributed by atoms with Gasteiger partial charge in [-0.05, 0) is 52.4 Å². The predicted octanol–water partition coefficient (Wildman–Crippen LogP) is 7.60. The molecule has 0 saturated carbocycles. The smallest absolute Gasteiger partial charge is 0.306 e. The first-order valence-corrected chi connectivity index (χ1v) is 13.2. The number of halogens is 1. The highest BCUT2D eigenvalue weighted by molar-refractivity contribution is 7.99. The molecule has 37 heavy (non-hydrogen) atoms. The topological polar surface area (TPSA) is 52.6 Å². The van der Waals surface area contributed by atoms with Crippen molar-refractivity contribution in [2.24, 2.45) is 0 Å². The highest BCUT2D eigenvalue weighted by Crippen LogP contribution is 2.44. The van der Waals surface area contributed by atoms with E-state index in [1.807, 2.05) is 48.5 Å². The molecule has 0 fully saturated rings. The fourth-order valence-electron chi connectivity index (χ4n) is 4.75. The van der Waals surface area contributed by atoms with Crippen molar-refractivity contribution in [1.29, 1.82) is 0 Å². The Morgan fingerprint density at radius 3 is 2.27 bits per heavy atom. The number of ether oxygens (including phenoxy) is 2. The highest BCUT2D eigenvalue weighted by atomic mass is 35.5. The van der Waals surface area contributed by atoms with Crippen molar-refractivity contribution >= 4 is 35.6 Å². The van der Waals surface area contributed by atoms with Crippen LogP contribution in [0.5, 0.6) is 5.75 Å². The monoisotopic (exact) mass is 528 g/mol. The highest BCUT2D eigenvalue weighted by Gasteiger charge is 2.29. The first-order valence-electron chi connectivity index (χ1n) is 12.0. The molecule has 0 bridgehead atoms. The van der Waals surface area contributed by atoms with E-state index in [0.29, 0.717) is 29.4 Å². The molecule has 1 aliphatic rings. The number of carbonyl (C=O) groups excluding carboxylic acids is 2. The fraction of sp³-hybridized carbons (Fsp3) is 0.161. The van der Waals surface area contributed by atoms with Gasteiger partial charge in [0.15, 0.2) is 6.29 Å². The van der Waals surface area contributed by atoms with Gasteiger partial charge in [-0.15, -0.1) is 0 Å². The van der Waals surface area contributed by atoms with Crippen LogP contribution < -0.4 is 4.74 Å². The third-order valence-electron chi connectivity index (χ3n) is 6.56. The molecular formula is C31H25ClO4S. The second-order valence-corrected chi connectivity index (χ2v) is 10.2. The summed E-state index contributed by atoms with van der Waals surface area (Å²) in [5, 5.41) is 0.507. The lowest BCUT2D eigenvalue weighted by Gasteiger charge is -2.16. The van der Waals surface area contributed by atoms with Gasteiger partial charge < -0.3 is 9.47 Å². The Bertz CT molecular complexity index is 1420. The van der Waals surface area contributed by atoms with Gasteiger partial charge in [-0.2, -0.15) is 0 Å². The maximum atomic E-state index is 12.9. The molecule has 0 radical (unpaired) electrons. The Kier molecular flexibility index (Phi) is 7.63. The summed E-state index contributed by atoms with van der Waals surface area (Å²) in [6.07, 6.45) is 1.46. The summed E-state index contributed by atoms with van der Waals surface area (Å²) >= 11 is 8.02. The molecule has 0 aromatic heterocycles. The van der Waals surface area contributed by atoms with Crippen LogP contribution in [0.2, 0.25) is 5.02 Å². The van der Waals surface area contributed by atoms with E-state index >= 15 is 0 Å². The number of aryl methyl sites for hydroxylation is 1. The number of methoxy groups -OCH3 is 1. The van der Waals surface area contributed by atoms with Gasteiger partial charge in [0.25, 0.3) is 0 Å². The molecule has 0 saturated heterocycles. The van der Waals surface area contributed by atoms with Gasteiger partial charge in [0.2, 0.25) is 0 Å². The average Bonchev–Trinajstić information content (AvgIpc) is 3.25. The molecule has 0 unspecified atom stereocenters. The average molecular weight is 529 g/mol. The van der Waals surface area contributed by atoms with Crippen LogP contribution >= 0.6 is 23.4 Å². The largest absolute Gasteiger partial charge is 0.497 e. The molecule has 0 aliphatic heterocycles. The summed E-state index contributed by atoms with van der Waals surface area (Å²) in [6, 6.07) is 27.5. The summed E-state index contributed by atoms with van der Waals surface area (Å²) in [5.74, 6) is 0.360. The Balaban J connectivity index is 1.30. The number of rotatable bonds is 9. The Morgan fingerprint density at radius 2 is 1.59 bits per heavy atom. The molecular weight excluding hydrogens is 504 g/mol. The summed E-state index contributed by atoms with van der Waals surface area (Å²) in [7, 11) is 1.58. The van der Waals surface area contributed by atoms with E-state index < -0.39 is 0 Å². The molecule has 0 N–H and O–H groups in total. The molecule has 0 heterocycles. The molecule has 4 aromatic rings. The van der Waals surface area contributed by atoms with Crippen molar-refractivity contribution < 1.29 is 19.1 Å². The van der Waals surface area contributed by atoms with Gasteiger partial charge in [0.1, 0.15) is 12.4 Å². The first kappa shape index (κ1) is 25.1. The van der Waals surface area contributed by atoms with Gasteiger partial charge in [0, 0.05) is 27.7 Å². The molecule has 6 heteroatoms. The van der Waals surface area contributed by atoms with E-state index in [0.717, 1.165) is 21.6 Å². The lowest BCUT2D eigenvalue weighted by Crippen LogP contribution is -2.13. The SMILES string of the molecule is COc1cc(Cl)c(Sc2ccccc2C=O)c(CCC(=O)OCC2c3ccccc3-c3ccccc32)c1. The normalized spacial score (nSPS) is 12.1. The zero-order valence-electron chi connectivity index (χ0n) is 20.3. The predicted molar refractivity (Wildman–Crippen MR) is 147 cm³/mol. The van der Waals surface area contributed by atoms with Crippen LogP contribution in [0.4, 0.5) is 0 Å². The molecule has 4 aromatic carbocycles. The van der Waals surface area contributed by atoms with E-state index in [9.17, 15) is 9.59 Å². The van der Waals surface area contributed by atoms with Crippen molar-refractivity contribution in [3.05, 3.63) is 112 Å². The van der Waals surface area contributed by atoms with Crippen LogP contribution in [-0.4, -0.2) is 26.0 Å². The van der Waals surface area contributed by atoms with E-state index in [4.69, 9.17) is 21.1 Å². The van der Waals surface area contributed by atoms with E-state index in [-0.39, 0.29) is 18.3 Å². The standard InChI is InChI=1S/C31H25ClO4S/c1-35-22-16-20(31(28(32)17-22)37-29-13-7-2-8-21(29)18-33)14-15-30(34)36-19-27-25-11-5-3-9-23(25)24-10-4-6-12-26(24)27/h2-13,16-18,27H,14-15,19H2,1H3. The number of carbonyl (C=O) groups is 2. The molecule has 0 atom stereocenters. The van der Waals surface area contributed by atoms with Crippen molar-refractivity contribution in [2.75, 3.05) is 13.7 Å². The molecule has 1 aliphatic carbocycles. The van der Waals surface area contributed by atoms with Crippen molar-refractivity contribution in [3.8, 4) is 16.9 Å². The zero-order valence-corrected chi connectivity index (χ0v) is 21.9. The van der Waals surface area contributed by atoms with Crippen molar-refractivity contribution in [3.63, 3.8) is 0 Å². The second-order valence-electron chi connectivity index (χ2n) is 8.77. The molecule has 0 amide bonds. The Labute approximate surface area is 225 Å². The first-order chi connectivity index (χ1) is 18.1. The minimum atomic E-state index is -0.273. The Morgan fingerprint density at radius 1 is 0.946 bits per heavy atom. The summed E-state index contributed by atoms with van der Waals surface area (Å²) < 4.78 is 11.2. The second kappa shape index (κ2) is 11.2. The molecule has 4 nitrogen and oxygen atoms in total. The number of hydrogen-bond donors (Lipinski definition) is 0. The van der Waals surface area contributed by atoms with Crippen molar-refractivity contribution in [1.82, 2.24) is 0 Å². The summed E-state index contributed by atoms with van der Waals surface area (Å²) in [5.41, 5.74) is 6.21. The number of esters is 1. The van der Waals surface area contributed by atoms with Gasteiger partial charge in [0.05, 0.1) is 12.1 Å². The van der Waals surface area contributed by atoms with E-state index in [1.165, 1.54) is 34.0 Å². The number of aldehydes is 1. The van der Waals surface area contributed by atoms with Gasteiger partial charge in [-0.3, -0.25) is 9.59 Å². The fourth-order valence-corrected chi connectivity index (χ4v) is 6.14. The summed E-state index contributed by atoms with van der Waals surface area (Å²) in [4.78, 5) is 26.0. The molecule has 5 rings (SSSR count). The lowest BCUT2D eigenvalue weighted by atomic mass is 9.98. The van der Waals surface area contributed by atoms with Gasteiger partial charge in [-0.1, -0.05) is 90.1 Å². The van der Waals surface area contributed by atoms with Gasteiger partial charge in [-0.25, -0.2) is 0 Å². The van der Waals surface area contributed by atoms with Crippen LogP contribution in [0.15, 0.2) is 94.7 Å². The van der Waals surface area contributed by atoms with Crippen molar-refractivity contribution in [2.45, 2.75) is 28.6 Å². The molecule has 0 spiro atoms. The maximum Gasteiger partial charge on any atom is 0.306 e. The van der Waals surface area contributed by atoms with Crippen LogP contribution in [-0.2, 0) is 16.0 Å². The number of benzene rings is 4. The third kappa shape index (κ3) is 5.29. The minimum Gasteiger partial charge on any atom is -0.497 e. The summed E-state index contributed by atoms with van der Waals surface area (Å²) in [6.45, 7) is 0.292. The van der Waals surface area contributed by atoms with Crippen LogP contribution in [0.25, 0.3) is 11.1 Å². The van der Waals surface area contributed by atoms with E-state index in [2.05, 4.69) is 24.3 Å². The number of fused-ring (bicyclic) bond motifs is 3. The lowest BCUT2D eigenvalue weighted by molar-refractivity contribution is -0.143. The zero-order chi connectivity index (χ0) is 25.8. The van der Waals surface area contributed by atoms with Crippen LogP contribution in [0.1, 0.15) is 39.4 Å². The quantitative estimate of drug-likeness (QED) is 0.165. The van der Waals surface area contributed by atoms with Gasteiger partial charge >= 0.3 is 5.97 Å². The van der Waals surface area contributed by atoms with E-state index in [1.54, 1.807) is 19.2 Å². The molecule has 186 valence electrons. The Hall–Kier alpha value is -3.54. The minimum absolute atomic E-state index is 0.0218. The number of hydrogen-bond acceptors (Lipinski definition) is 5. The van der Waals surface area contributed by atoms with Crippen LogP contribution in [0.3, 0.4) is 0 Å². The third-order valence-corrected chi connectivity index (χ3v) is 8.25.